The molecule has 146 valence electrons. The normalized spacial score (nSPS) is 15.1. The van der Waals surface area contributed by atoms with E-state index in [0.717, 1.165) is 39.9 Å². The number of ether oxygens (including phenoxy) is 1. The first-order valence-corrected chi connectivity index (χ1v) is 10.6. The van der Waals surface area contributed by atoms with E-state index in [1.54, 1.807) is 11.3 Å². The number of aromatic nitrogens is 1. The predicted octanol–water partition coefficient (Wildman–Crippen LogP) is 4.69. The third kappa shape index (κ3) is 4.69. The Hall–Kier alpha value is -2.44. The number of para-hydroxylation sites is 1. The monoisotopic (exact) mass is 395 g/mol. The number of hydrogen-bond donors (Lipinski definition) is 1. The van der Waals surface area contributed by atoms with Gasteiger partial charge in [-0.3, -0.25) is 4.79 Å². The van der Waals surface area contributed by atoms with Gasteiger partial charge in [0.1, 0.15) is 11.6 Å². The maximum atomic E-state index is 12.1. The third-order valence-corrected chi connectivity index (χ3v) is 6.11. The van der Waals surface area contributed by atoms with Crippen molar-refractivity contribution in [3.63, 3.8) is 0 Å². The molecule has 1 aliphatic rings. The Labute approximate surface area is 169 Å². The zero-order valence-electron chi connectivity index (χ0n) is 16.1. The van der Waals surface area contributed by atoms with Gasteiger partial charge < -0.3 is 15.0 Å². The highest BCUT2D eigenvalue weighted by Gasteiger charge is 2.16. The molecule has 0 atom stereocenters. The number of piperidine rings is 1. The molecule has 0 unspecified atom stereocenters. The number of rotatable bonds is 6. The number of thiazole rings is 1. The number of fused-ring (bicyclic) bond motifs is 1. The summed E-state index contributed by atoms with van der Waals surface area (Å²) in [7, 11) is 0. The van der Waals surface area contributed by atoms with Gasteiger partial charge in [-0.15, -0.1) is 11.3 Å². The van der Waals surface area contributed by atoms with Crippen molar-refractivity contribution < 1.29 is 9.53 Å². The molecule has 4 rings (SSSR count). The molecule has 28 heavy (non-hydrogen) atoms. The first-order chi connectivity index (χ1) is 13.7. The van der Waals surface area contributed by atoms with E-state index in [0.29, 0.717) is 6.61 Å². The molecule has 0 bridgehead atoms. The molecule has 0 radical (unpaired) electrons. The summed E-state index contributed by atoms with van der Waals surface area (Å²) in [4.78, 5) is 19.1. The van der Waals surface area contributed by atoms with Crippen LogP contribution in [0.5, 0.6) is 0 Å². The van der Waals surface area contributed by atoms with E-state index < -0.39 is 0 Å². The Kier molecular flexibility index (Phi) is 5.88. The second kappa shape index (κ2) is 8.71. The molecule has 2 aromatic carbocycles. The Morgan fingerprint density at radius 3 is 2.68 bits per heavy atom. The van der Waals surface area contributed by atoms with E-state index in [4.69, 9.17) is 4.74 Å². The minimum atomic E-state index is -0.152. The van der Waals surface area contributed by atoms with Crippen LogP contribution in [0.4, 0.5) is 11.4 Å². The van der Waals surface area contributed by atoms with Crippen LogP contribution in [0.2, 0.25) is 0 Å². The summed E-state index contributed by atoms with van der Waals surface area (Å²) >= 11 is 1.60. The molecular formula is C22H25N3O2S. The standard InChI is InChI=1S/C22H25N3O2S/c1-16-10-12-25(13-11-16)18-8-6-17(7-9-18)23-21(26)14-27-15-22-24-19-4-2-3-5-20(19)28-22/h2-9,16H,10-15H2,1H3,(H,23,26). The fourth-order valence-corrected chi connectivity index (χ4v) is 4.34. The van der Waals surface area contributed by atoms with Crippen molar-refractivity contribution in [2.24, 2.45) is 5.92 Å². The van der Waals surface area contributed by atoms with Gasteiger partial charge in [0.25, 0.3) is 0 Å². The first kappa shape index (κ1) is 18.9. The number of anilines is 2. The quantitative estimate of drug-likeness (QED) is 0.658. The van der Waals surface area contributed by atoms with Crippen molar-refractivity contribution in [2.75, 3.05) is 29.9 Å². The minimum absolute atomic E-state index is 0.0156. The van der Waals surface area contributed by atoms with Crippen molar-refractivity contribution in [3.05, 3.63) is 53.5 Å². The fourth-order valence-electron chi connectivity index (χ4n) is 3.43. The Morgan fingerprint density at radius 2 is 1.93 bits per heavy atom. The molecule has 0 spiro atoms. The van der Waals surface area contributed by atoms with Crippen LogP contribution in [0.25, 0.3) is 10.2 Å². The number of hydrogen-bond acceptors (Lipinski definition) is 5. The van der Waals surface area contributed by atoms with Crippen LogP contribution >= 0.6 is 11.3 Å². The molecule has 5 nitrogen and oxygen atoms in total. The Morgan fingerprint density at radius 1 is 1.18 bits per heavy atom. The Balaban J connectivity index is 1.24. The number of carbonyl (C=O) groups excluding carboxylic acids is 1. The molecule has 2 heterocycles. The second-order valence-electron chi connectivity index (χ2n) is 7.33. The van der Waals surface area contributed by atoms with Gasteiger partial charge in [0.15, 0.2) is 0 Å². The van der Waals surface area contributed by atoms with E-state index >= 15 is 0 Å². The van der Waals surface area contributed by atoms with Crippen LogP contribution < -0.4 is 10.2 Å². The van der Waals surface area contributed by atoms with Gasteiger partial charge >= 0.3 is 0 Å². The molecule has 1 saturated heterocycles. The zero-order valence-corrected chi connectivity index (χ0v) is 16.9. The lowest BCUT2D eigenvalue weighted by Crippen LogP contribution is -2.32. The molecular weight excluding hydrogens is 370 g/mol. The van der Waals surface area contributed by atoms with Crippen molar-refractivity contribution in [2.45, 2.75) is 26.4 Å². The van der Waals surface area contributed by atoms with Gasteiger partial charge in [-0.05, 0) is 55.2 Å². The number of amides is 1. The van der Waals surface area contributed by atoms with Gasteiger partial charge in [-0.25, -0.2) is 4.98 Å². The topological polar surface area (TPSA) is 54.5 Å². The lowest BCUT2D eigenvalue weighted by Gasteiger charge is -2.32. The first-order valence-electron chi connectivity index (χ1n) is 9.74. The fraction of sp³-hybridized carbons (Fsp3) is 0.364. The van der Waals surface area contributed by atoms with E-state index in [-0.39, 0.29) is 12.5 Å². The van der Waals surface area contributed by atoms with E-state index in [9.17, 15) is 4.79 Å². The highest BCUT2D eigenvalue weighted by Crippen LogP contribution is 2.24. The molecule has 1 amide bonds. The van der Waals surface area contributed by atoms with Crippen molar-refractivity contribution in [1.29, 1.82) is 0 Å². The maximum Gasteiger partial charge on any atom is 0.250 e. The van der Waals surface area contributed by atoms with Crippen LogP contribution in [0.1, 0.15) is 24.8 Å². The molecule has 1 fully saturated rings. The molecule has 3 aromatic rings. The number of carbonyl (C=O) groups is 1. The van der Waals surface area contributed by atoms with Gasteiger partial charge in [0.2, 0.25) is 5.91 Å². The highest BCUT2D eigenvalue weighted by atomic mass is 32.1. The molecule has 1 aliphatic heterocycles. The molecule has 0 aliphatic carbocycles. The second-order valence-corrected chi connectivity index (χ2v) is 8.45. The average Bonchev–Trinajstić information content (AvgIpc) is 3.12. The van der Waals surface area contributed by atoms with Crippen molar-refractivity contribution in [3.8, 4) is 0 Å². The third-order valence-electron chi connectivity index (χ3n) is 5.10. The summed E-state index contributed by atoms with van der Waals surface area (Å²) in [5.41, 5.74) is 2.98. The lowest BCUT2D eigenvalue weighted by atomic mass is 9.99. The number of nitrogens with zero attached hydrogens (tertiary/aromatic N) is 2. The average molecular weight is 396 g/mol. The molecule has 6 heteroatoms. The summed E-state index contributed by atoms with van der Waals surface area (Å²) in [6.07, 6.45) is 2.48. The van der Waals surface area contributed by atoms with E-state index in [2.05, 4.69) is 34.3 Å². The number of benzene rings is 2. The van der Waals surface area contributed by atoms with Crippen molar-refractivity contribution >= 4 is 38.8 Å². The number of nitrogens with one attached hydrogen (secondary N) is 1. The summed E-state index contributed by atoms with van der Waals surface area (Å²) < 4.78 is 6.67. The van der Waals surface area contributed by atoms with Crippen molar-refractivity contribution in [1.82, 2.24) is 4.98 Å². The van der Waals surface area contributed by atoms with Crippen LogP contribution in [0, 0.1) is 5.92 Å². The van der Waals surface area contributed by atoms with Gasteiger partial charge in [-0.1, -0.05) is 19.1 Å². The Bertz CT molecular complexity index is 897. The molecule has 1 N–H and O–H groups in total. The molecule has 1 aromatic heterocycles. The van der Waals surface area contributed by atoms with Crippen LogP contribution in [0.3, 0.4) is 0 Å². The van der Waals surface area contributed by atoms with Crippen LogP contribution in [0.15, 0.2) is 48.5 Å². The zero-order chi connectivity index (χ0) is 19.3. The minimum Gasteiger partial charge on any atom is -0.372 e. The van der Waals surface area contributed by atoms with E-state index in [1.807, 2.05) is 36.4 Å². The lowest BCUT2D eigenvalue weighted by molar-refractivity contribution is -0.121. The summed E-state index contributed by atoms with van der Waals surface area (Å²) in [6, 6.07) is 16.1. The molecule has 0 saturated carbocycles. The van der Waals surface area contributed by atoms with Crippen LogP contribution in [-0.4, -0.2) is 30.6 Å². The highest BCUT2D eigenvalue weighted by molar-refractivity contribution is 7.18. The predicted molar refractivity (Wildman–Crippen MR) is 115 cm³/mol. The van der Waals surface area contributed by atoms with Crippen LogP contribution in [-0.2, 0) is 16.1 Å². The summed E-state index contributed by atoms with van der Waals surface area (Å²) in [5.74, 6) is 0.665. The smallest absolute Gasteiger partial charge is 0.250 e. The van der Waals surface area contributed by atoms with E-state index in [1.165, 1.54) is 18.5 Å². The maximum absolute atomic E-state index is 12.1. The van der Waals surface area contributed by atoms with Gasteiger partial charge in [-0.2, -0.15) is 0 Å². The SMILES string of the molecule is CC1CCN(c2ccc(NC(=O)COCc3nc4ccccc4s3)cc2)CC1. The summed E-state index contributed by atoms with van der Waals surface area (Å²) in [5, 5.41) is 3.78. The summed E-state index contributed by atoms with van der Waals surface area (Å²) in [6.45, 7) is 4.88. The van der Waals surface area contributed by atoms with Gasteiger partial charge in [0, 0.05) is 24.5 Å². The van der Waals surface area contributed by atoms with Gasteiger partial charge in [0.05, 0.1) is 16.8 Å². The largest absolute Gasteiger partial charge is 0.372 e.